The highest BCUT2D eigenvalue weighted by Gasteiger charge is 2.03. The van der Waals surface area contributed by atoms with Gasteiger partial charge in [-0.25, -0.2) is 0 Å². The number of halogens is 1. The lowest BCUT2D eigenvalue weighted by Crippen LogP contribution is -2.11. The van der Waals surface area contributed by atoms with Crippen LogP contribution in [0.2, 0.25) is 5.02 Å². The number of nitrogens with zero attached hydrogens (tertiary/aromatic N) is 1. The fourth-order valence-electron chi connectivity index (χ4n) is 1.77. The van der Waals surface area contributed by atoms with Crippen molar-refractivity contribution in [2.45, 2.75) is 20.4 Å². The Bertz CT molecular complexity index is 521. The standard InChI is InChI=1S/C15H17ClN2/c1-3-17-9-14-7-6-12(8-15(14)16)13-5-4-11(2)18-10-13/h4-8,10,17H,3,9H2,1-2H3. The van der Waals surface area contributed by atoms with Gasteiger partial charge in [0.15, 0.2) is 0 Å². The highest BCUT2D eigenvalue weighted by atomic mass is 35.5. The number of nitrogens with one attached hydrogen (secondary N) is 1. The van der Waals surface area contributed by atoms with Crippen molar-refractivity contribution in [3.8, 4) is 11.1 Å². The van der Waals surface area contributed by atoms with Crippen LogP contribution in [0.5, 0.6) is 0 Å². The van der Waals surface area contributed by atoms with E-state index in [9.17, 15) is 0 Å². The molecule has 0 bridgehead atoms. The van der Waals surface area contributed by atoms with Crippen molar-refractivity contribution in [3.63, 3.8) is 0 Å². The van der Waals surface area contributed by atoms with Crippen LogP contribution in [0, 0.1) is 6.92 Å². The minimum atomic E-state index is 0.800. The molecule has 0 saturated carbocycles. The first-order valence-corrected chi connectivity index (χ1v) is 6.50. The average Bonchev–Trinajstić information content (AvgIpc) is 2.38. The Labute approximate surface area is 113 Å². The first-order valence-electron chi connectivity index (χ1n) is 6.13. The van der Waals surface area contributed by atoms with Gasteiger partial charge < -0.3 is 5.32 Å². The van der Waals surface area contributed by atoms with Crippen molar-refractivity contribution in [2.75, 3.05) is 6.54 Å². The van der Waals surface area contributed by atoms with Crippen LogP contribution in [0.15, 0.2) is 36.5 Å². The molecule has 3 heteroatoms. The number of aryl methyl sites for hydroxylation is 1. The molecule has 0 aliphatic rings. The van der Waals surface area contributed by atoms with Gasteiger partial charge in [-0.15, -0.1) is 0 Å². The van der Waals surface area contributed by atoms with Gasteiger partial charge in [-0.2, -0.15) is 0 Å². The topological polar surface area (TPSA) is 24.9 Å². The number of rotatable bonds is 4. The van der Waals surface area contributed by atoms with Crippen LogP contribution in [0.3, 0.4) is 0 Å². The zero-order valence-corrected chi connectivity index (χ0v) is 11.5. The Balaban J connectivity index is 2.25. The van der Waals surface area contributed by atoms with Crippen LogP contribution in [-0.4, -0.2) is 11.5 Å². The van der Waals surface area contributed by atoms with Gasteiger partial charge in [-0.3, -0.25) is 4.98 Å². The van der Waals surface area contributed by atoms with Gasteiger partial charge in [-0.05, 0) is 36.7 Å². The number of hydrogen-bond donors (Lipinski definition) is 1. The predicted molar refractivity (Wildman–Crippen MR) is 76.8 cm³/mol. The van der Waals surface area contributed by atoms with E-state index in [2.05, 4.69) is 35.4 Å². The Morgan fingerprint density at radius 1 is 1.17 bits per heavy atom. The summed E-state index contributed by atoms with van der Waals surface area (Å²) in [7, 11) is 0. The van der Waals surface area contributed by atoms with Crippen LogP contribution in [-0.2, 0) is 6.54 Å². The smallest absolute Gasteiger partial charge is 0.0457 e. The summed E-state index contributed by atoms with van der Waals surface area (Å²) >= 11 is 6.29. The zero-order valence-electron chi connectivity index (χ0n) is 10.7. The fraction of sp³-hybridized carbons (Fsp3) is 0.267. The maximum absolute atomic E-state index is 6.29. The molecule has 2 aromatic rings. The second-order valence-electron chi connectivity index (χ2n) is 4.27. The third-order valence-corrected chi connectivity index (χ3v) is 3.22. The SMILES string of the molecule is CCNCc1ccc(-c2ccc(C)nc2)cc1Cl. The van der Waals surface area contributed by atoms with E-state index < -0.39 is 0 Å². The number of pyridine rings is 1. The second kappa shape index (κ2) is 5.98. The van der Waals surface area contributed by atoms with Gasteiger partial charge in [0.1, 0.15) is 0 Å². The summed E-state index contributed by atoms with van der Waals surface area (Å²) in [6, 6.07) is 10.2. The van der Waals surface area contributed by atoms with Gasteiger partial charge in [0.2, 0.25) is 0 Å². The Morgan fingerprint density at radius 3 is 2.56 bits per heavy atom. The van der Waals surface area contributed by atoms with E-state index in [0.717, 1.165) is 40.5 Å². The van der Waals surface area contributed by atoms with Crippen LogP contribution in [0.4, 0.5) is 0 Å². The number of hydrogen-bond acceptors (Lipinski definition) is 2. The molecule has 0 unspecified atom stereocenters. The Morgan fingerprint density at radius 2 is 1.94 bits per heavy atom. The highest BCUT2D eigenvalue weighted by molar-refractivity contribution is 6.31. The van der Waals surface area contributed by atoms with Crippen LogP contribution < -0.4 is 5.32 Å². The van der Waals surface area contributed by atoms with Gasteiger partial charge in [0, 0.05) is 29.0 Å². The molecular weight excluding hydrogens is 244 g/mol. The van der Waals surface area contributed by atoms with Crippen molar-refractivity contribution in [1.29, 1.82) is 0 Å². The summed E-state index contributed by atoms with van der Waals surface area (Å²) < 4.78 is 0. The molecule has 0 saturated heterocycles. The third kappa shape index (κ3) is 3.09. The van der Waals surface area contributed by atoms with Gasteiger partial charge >= 0.3 is 0 Å². The molecule has 2 rings (SSSR count). The molecule has 1 aromatic carbocycles. The predicted octanol–water partition coefficient (Wildman–Crippen LogP) is 3.82. The molecule has 18 heavy (non-hydrogen) atoms. The molecule has 0 fully saturated rings. The molecule has 1 heterocycles. The molecule has 0 atom stereocenters. The lowest BCUT2D eigenvalue weighted by Gasteiger charge is -2.08. The first-order chi connectivity index (χ1) is 8.70. The average molecular weight is 261 g/mol. The van der Waals surface area contributed by atoms with Crippen LogP contribution in [0.1, 0.15) is 18.2 Å². The number of benzene rings is 1. The molecule has 0 radical (unpaired) electrons. The summed E-state index contributed by atoms with van der Waals surface area (Å²) in [5, 5.41) is 4.08. The summed E-state index contributed by atoms with van der Waals surface area (Å²) in [5.41, 5.74) is 4.35. The maximum atomic E-state index is 6.29. The summed E-state index contributed by atoms with van der Waals surface area (Å²) in [6.45, 7) is 5.82. The molecule has 0 amide bonds. The normalized spacial score (nSPS) is 10.6. The molecule has 94 valence electrons. The maximum Gasteiger partial charge on any atom is 0.0457 e. The van der Waals surface area contributed by atoms with E-state index in [4.69, 9.17) is 11.6 Å². The van der Waals surface area contributed by atoms with Gasteiger partial charge in [-0.1, -0.05) is 36.7 Å². The molecule has 2 nitrogen and oxygen atoms in total. The zero-order chi connectivity index (χ0) is 13.0. The second-order valence-corrected chi connectivity index (χ2v) is 4.68. The third-order valence-electron chi connectivity index (χ3n) is 2.86. The quantitative estimate of drug-likeness (QED) is 0.904. The Kier molecular flexibility index (Phi) is 4.34. The Hall–Kier alpha value is -1.38. The van der Waals surface area contributed by atoms with E-state index >= 15 is 0 Å². The fourth-order valence-corrected chi connectivity index (χ4v) is 2.02. The molecule has 0 aliphatic heterocycles. The van der Waals surface area contributed by atoms with E-state index in [1.807, 2.05) is 25.3 Å². The summed E-state index contributed by atoms with van der Waals surface area (Å²) in [5.74, 6) is 0. The summed E-state index contributed by atoms with van der Waals surface area (Å²) in [4.78, 5) is 4.30. The summed E-state index contributed by atoms with van der Waals surface area (Å²) in [6.07, 6.45) is 1.88. The van der Waals surface area contributed by atoms with Crippen molar-refractivity contribution in [1.82, 2.24) is 10.3 Å². The monoisotopic (exact) mass is 260 g/mol. The van der Waals surface area contributed by atoms with Crippen molar-refractivity contribution < 1.29 is 0 Å². The lowest BCUT2D eigenvalue weighted by molar-refractivity contribution is 0.727. The van der Waals surface area contributed by atoms with E-state index in [1.54, 1.807) is 0 Å². The van der Waals surface area contributed by atoms with E-state index in [-0.39, 0.29) is 0 Å². The molecule has 0 aliphatic carbocycles. The van der Waals surface area contributed by atoms with E-state index in [1.165, 1.54) is 0 Å². The molecule has 1 N–H and O–H groups in total. The largest absolute Gasteiger partial charge is 0.313 e. The van der Waals surface area contributed by atoms with Gasteiger partial charge in [0.25, 0.3) is 0 Å². The number of aromatic nitrogens is 1. The highest BCUT2D eigenvalue weighted by Crippen LogP contribution is 2.25. The molecule has 0 spiro atoms. The van der Waals surface area contributed by atoms with Crippen molar-refractivity contribution in [2.24, 2.45) is 0 Å². The van der Waals surface area contributed by atoms with Crippen LogP contribution in [0.25, 0.3) is 11.1 Å². The van der Waals surface area contributed by atoms with Gasteiger partial charge in [0.05, 0.1) is 0 Å². The lowest BCUT2D eigenvalue weighted by atomic mass is 10.1. The molecular formula is C15H17ClN2. The van der Waals surface area contributed by atoms with Crippen molar-refractivity contribution in [3.05, 3.63) is 52.8 Å². The minimum absolute atomic E-state index is 0.800. The van der Waals surface area contributed by atoms with E-state index in [0.29, 0.717) is 0 Å². The van der Waals surface area contributed by atoms with Crippen LogP contribution >= 0.6 is 11.6 Å². The minimum Gasteiger partial charge on any atom is -0.313 e. The first kappa shape index (κ1) is 13.1. The molecule has 1 aromatic heterocycles. The van der Waals surface area contributed by atoms with Crippen molar-refractivity contribution >= 4 is 11.6 Å².